The lowest BCUT2D eigenvalue weighted by Crippen LogP contribution is -2.49. The minimum absolute atomic E-state index is 0.0647. The van der Waals surface area contributed by atoms with E-state index in [-0.39, 0.29) is 11.7 Å². The first kappa shape index (κ1) is 21.3. The smallest absolute Gasteiger partial charge is 0.228 e. The molecule has 31 heavy (non-hydrogen) atoms. The van der Waals surface area contributed by atoms with Crippen LogP contribution in [0.25, 0.3) is 0 Å². The number of nitrogens with zero attached hydrogens (tertiary/aromatic N) is 3. The highest BCUT2D eigenvalue weighted by Crippen LogP contribution is 2.24. The van der Waals surface area contributed by atoms with E-state index in [0.29, 0.717) is 30.1 Å². The molecule has 0 radical (unpaired) electrons. The van der Waals surface area contributed by atoms with Crippen molar-refractivity contribution in [3.63, 3.8) is 0 Å². The quantitative estimate of drug-likeness (QED) is 0.550. The predicted molar refractivity (Wildman–Crippen MR) is 126 cm³/mol. The van der Waals surface area contributed by atoms with Gasteiger partial charge >= 0.3 is 0 Å². The fourth-order valence-electron chi connectivity index (χ4n) is 3.52. The third-order valence-electron chi connectivity index (χ3n) is 5.23. The first-order valence-corrected chi connectivity index (χ1v) is 11.3. The van der Waals surface area contributed by atoms with Crippen molar-refractivity contribution in [2.45, 2.75) is 13.3 Å². The molecule has 160 valence electrons. The molecule has 1 fully saturated rings. The van der Waals surface area contributed by atoms with Gasteiger partial charge in [0.2, 0.25) is 5.91 Å². The van der Waals surface area contributed by atoms with Gasteiger partial charge in [0.05, 0.1) is 12.1 Å². The lowest BCUT2D eigenvalue weighted by atomic mass is 10.1. The molecule has 0 atom stereocenters. The van der Waals surface area contributed by atoms with Gasteiger partial charge in [-0.25, -0.2) is 4.98 Å². The highest BCUT2D eigenvalue weighted by molar-refractivity contribution is 7.13. The summed E-state index contributed by atoms with van der Waals surface area (Å²) >= 11 is 7.49. The van der Waals surface area contributed by atoms with Gasteiger partial charge in [-0.2, -0.15) is 0 Å². The number of rotatable bonds is 6. The average Bonchev–Trinajstić information content (AvgIpc) is 3.20. The van der Waals surface area contributed by atoms with Gasteiger partial charge in [-0.1, -0.05) is 17.7 Å². The highest BCUT2D eigenvalue weighted by Gasteiger charge is 2.22. The maximum atomic E-state index is 12.7. The second kappa shape index (κ2) is 9.49. The molecule has 0 bridgehead atoms. The Hall–Kier alpha value is -2.90. The lowest BCUT2D eigenvalue weighted by molar-refractivity contribution is -0.130. The third kappa shape index (κ3) is 5.42. The number of hydrogen-bond donors (Lipinski definition) is 1. The van der Waals surface area contributed by atoms with Gasteiger partial charge in [0.1, 0.15) is 0 Å². The molecule has 2 heterocycles. The number of carbonyl (C=O) groups excluding carboxylic acids is 2. The Labute approximate surface area is 190 Å². The number of thiazole rings is 1. The largest absolute Gasteiger partial charge is 0.368 e. The zero-order valence-corrected chi connectivity index (χ0v) is 18.7. The number of piperazine rings is 1. The van der Waals surface area contributed by atoms with Crippen LogP contribution in [0.4, 0.5) is 16.5 Å². The van der Waals surface area contributed by atoms with Crippen molar-refractivity contribution in [2.75, 3.05) is 36.4 Å². The van der Waals surface area contributed by atoms with E-state index in [1.807, 2.05) is 58.8 Å². The number of ketones is 1. The summed E-state index contributed by atoms with van der Waals surface area (Å²) in [6.45, 7) is 4.45. The highest BCUT2D eigenvalue weighted by atomic mass is 35.5. The van der Waals surface area contributed by atoms with Crippen molar-refractivity contribution in [1.82, 2.24) is 9.88 Å². The van der Waals surface area contributed by atoms with Gasteiger partial charge in [0, 0.05) is 53.5 Å². The first-order valence-electron chi connectivity index (χ1n) is 10.1. The Balaban J connectivity index is 1.29. The van der Waals surface area contributed by atoms with E-state index in [1.54, 1.807) is 6.92 Å². The van der Waals surface area contributed by atoms with Gasteiger partial charge in [-0.05, 0) is 49.4 Å². The zero-order chi connectivity index (χ0) is 21.8. The SMILES string of the molecule is CC(=O)c1ccc(N2CCN(C(=O)Cc3csc(Nc4cccc(Cl)c4)n3)CC2)cc1. The maximum Gasteiger partial charge on any atom is 0.228 e. The Kier molecular flexibility index (Phi) is 6.53. The number of aromatic nitrogens is 1. The summed E-state index contributed by atoms with van der Waals surface area (Å²) in [7, 11) is 0. The van der Waals surface area contributed by atoms with Crippen molar-refractivity contribution in [3.05, 3.63) is 70.2 Å². The van der Waals surface area contributed by atoms with Crippen LogP contribution in [0.3, 0.4) is 0 Å². The van der Waals surface area contributed by atoms with E-state index >= 15 is 0 Å². The van der Waals surface area contributed by atoms with E-state index in [1.165, 1.54) is 11.3 Å². The van der Waals surface area contributed by atoms with Gasteiger partial charge in [0.25, 0.3) is 0 Å². The fraction of sp³-hybridized carbons (Fsp3) is 0.261. The van der Waals surface area contributed by atoms with Crippen LogP contribution in [0.15, 0.2) is 53.9 Å². The maximum absolute atomic E-state index is 12.7. The summed E-state index contributed by atoms with van der Waals surface area (Å²) in [4.78, 5) is 32.8. The molecule has 4 rings (SSSR count). The van der Waals surface area contributed by atoms with Crippen molar-refractivity contribution in [3.8, 4) is 0 Å². The van der Waals surface area contributed by atoms with E-state index in [0.717, 1.165) is 35.3 Å². The number of nitrogens with one attached hydrogen (secondary N) is 1. The summed E-state index contributed by atoms with van der Waals surface area (Å²) in [6, 6.07) is 15.1. The number of carbonyl (C=O) groups is 2. The molecule has 6 nitrogen and oxygen atoms in total. The summed E-state index contributed by atoms with van der Waals surface area (Å²) in [5.41, 5.74) is 3.42. The molecule has 2 aromatic carbocycles. The molecule has 0 unspecified atom stereocenters. The zero-order valence-electron chi connectivity index (χ0n) is 17.2. The Morgan fingerprint density at radius 1 is 1.10 bits per heavy atom. The third-order valence-corrected chi connectivity index (χ3v) is 6.27. The summed E-state index contributed by atoms with van der Waals surface area (Å²) in [5, 5.41) is 6.54. The minimum atomic E-state index is 0.0647. The molecular weight excluding hydrogens is 432 g/mol. The van der Waals surface area contributed by atoms with E-state index in [9.17, 15) is 9.59 Å². The Bertz CT molecular complexity index is 1080. The van der Waals surface area contributed by atoms with Crippen LogP contribution in [-0.4, -0.2) is 47.8 Å². The van der Waals surface area contributed by atoms with Gasteiger partial charge in [-0.15, -0.1) is 11.3 Å². The van der Waals surface area contributed by atoms with E-state index in [2.05, 4.69) is 15.2 Å². The van der Waals surface area contributed by atoms with E-state index in [4.69, 9.17) is 11.6 Å². The topological polar surface area (TPSA) is 65.5 Å². The first-order chi connectivity index (χ1) is 15.0. The fourth-order valence-corrected chi connectivity index (χ4v) is 4.44. The van der Waals surface area contributed by atoms with Crippen molar-refractivity contribution in [1.29, 1.82) is 0 Å². The van der Waals surface area contributed by atoms with Crippen molar-refractivity contribution in [2.24, 2.45) is 0 Å². The van der Waals surface area contributed by atoms with Gasteiger partial charge in [-0.3, -0.25) is 9.59 Å². The van der Waals surface area contributed by atoms with Gasteiger partial charge < -0.3 is 15.1 Å². The molecule has 1 aliphatic heterocycles. The number of hydrogen-bond acceptors (Lipinski definition) is 6. The number of anilines is 3. The molecule has 8 heteroatoms. The molecule has 0 spiro atoms. The molecular formula is C23H23ClN4O2S. The molecule has 1 aromatic heterocycles. The van der Waals surface area contributed by atoms with Crippen LogP contribution in [0, 0.1) is 0 Å². The van der Waals surface area contributed by atoms with E-state index < -0.39 is 0 Å². The van der Waals surface area contributed by atoms with Crippen LogP contribution in [0.2, 0.25) is 5.02 Å². The van der Waals surface area contributed by atoms with Crippen LogP contribution in [-0.2, 0) is 11.2 Å². The summed E-state index contributed by atoms with van der Waals surface area (Å²) in [5.74, 6) is 0.154. The standard InChI is InChI=1S/C23H23ClN4O2S/c1-16(29)17-5-7-21(8-6-17)27-9-11-28(12-10-27)22(30)14-20-15-31-23(26-20)25-19-4-2-3-18(24)13-19/h2-8,13,15H,9-12,14H2,1H3,(H,25,26). The van der Waals surface area contributed by atoms with Crippen molar-refractivity contribution >= 4 is 51.1 Å². The minimum Gasteiger partial charge on any atom is -0.368 e. The number of halogens is 1. The molecule has 0 saturated carbocycles. The average molecular weight is 455 g/mol. The monoisotopic (exact) mass is 454 g/mol. The molecule has 0 aliphatic carbocycles. The number of Topliss-reactive ketones (excluding diaryl/α,β-unsaturated/α-hetero) is 1. The van der Waals surface area contributed by atoms with Gasteiger partial charge in [0.15, 0.2) is 10.9 Å². The molecule has 1 amide bonds. The number of amides is 1. The van der Waals surface area contributed by atoms with Crippen LogP contribution in [0.1, 0.15) is 23.0 Å². The van der Waals surface area contributed by atoms with Crippen LogP contribution >= 0.6 is 22.9 Å². The lowest BCUT2D eigenvalue weighted by Gasteiger charge is -2.36. The summed E-state index contributed by atoms with van der Waals surface area (Å²) < 4.78 is 0. The Morgan fingerprint density at radius 3 is 2.52 bits per heavy atom. The molecule has 1 aliphatic rings. The van der Waals surface area contributed by atoms with Crippen LogP contribution < -0.4 is 10.2 Å². The summed E-state index contributed by atoms with van der Waals surface area (Å²) in [6.07, 6.45) is 0.293. The van der Waals surface area contributed by atoms with Crippen molar-refractivity contribution < 1.29 is 9.59 Å². The molecule has 3 aromatic rings. The predicted octanol–water partition coefficient (Wildman–Crippen LogP) is 4.63. The second-order valence-corrected chi connectivity index (χ2v) is 8.72. The van der Waals surface area contributed by atoms with Crippen LogP contribution in [0.5, 0.6) is 0 Å². The number of benzene rings is 2. The normalized spacial score (nSPS) is 13.9. The second-order valence-electron chi connectivity index (χ2n) is 7.43. The molecule has 1 saturated heterocycles. The molecule has 1 N–H and O–H groups in total. The Morgan fingerprint density at radius 2 is 1.84 bits per heavy atom.